The van der Waals surface area contributed by atoms with Crippen LogP contribution in [0, 0.1) is 11.8 Å². The van der Waals surface area contributed by atoms with Gasteiger partial charge in [-0.3, -0.25) is 4.79 Å². The molecule has 0 radical (unpaired) electrons. The number of carboxylic acid groups (broad SMARTS) is 1. The minimum Gasteiger partial charge on any atom is -0.491 e. The van der Waals surface area contributed by atoms with E-state index in [0.29, 0.717) is 19.3 Å². The lowest BCUT2D eigenvalue weighted by atomic mass is 9.89. The van der Waals surface area contributed by atoms with Crippen LogP contribution in [-0.2, 0) is 11.0 Å². The van der Waals surface area contributed by atoms with Gasteiger partial charge in [0.2, 0.25) is 0 Å². The van der Waals surface area contributed by atoms with E-state index in [-0.39, 0.29) is 31.1 Å². The predicted molar refractivity (Wildman–Crippen MR) is 111 cm³/mol. The van der Waals surface area contributed by atoms with E-state index in [2.05, 4.69) is 0 Å². The van der Waals surface area contributed by atoms with Crippen LogP contribution < -0.4 is 4.74 Å². The average Bonchev–Trinajstić information content (AvgIpc) is 2.99. The molecule has 0 spiro atoms. The molecule has 0 amide bonds. The molecular weight excluding hydrogens is 429 g/mol. The van der Waals surface area contributed by atoms with Gasteiger partial charge in [0.15, 0.2) is 0 Å². The molecule has 1 aliphatic rings. The van der Waals surface area contributed by atoms with Gasteiger partial charge in [0.25, 0.3) is 0 Å². The number of carboxylic acids is 1. The van der Waals surface area contributed by atoms with Crippen molar-refractivity contribution >= 4 is 5.97 Å². The van der Waals surface area contributed by atoms with Gasteiger partial charge in [0.05, 0.1) is 17.8 Å². The van der Waals surface area contributed by atoms with Crippen molar-refractivity contribution in [3.8, 4) is 5.75 Å². The predicted octanol–water partition coefficient (Wildman–Crippen LogP) is 3.56. The summed E-state index contributed by atoms with van der Waals surface area (Å²) in [5, 5.41) is 39.2. The van der Waals surface area contributed by atoms with E-state index in [9.17, 15) is 33.3 Å². The highest BCUT2D eigenvalue weighted by molar-refractivity contribution is 5.66. The van der Waals surface area contributed by atoms with Gasteiger partial charge in [0, 0.05) is 18.8 Å². The Morgan fingerprint density at radius 3 is 2.66 bits per heavy atom. The first-order valence-corrected chi connectivity index (χ1v) is 10.5. The molecule has 0 heterocycles. The first-order valence-electron chi connectivity index (χ1n) is 10.5. The van der Waals surface area contributed by atoms with Crippen LogP contribution >= 0.6 is 0 Å². The standard InChI is InChI=1S/C23H29F3O6/c24-23(25,26)15-6-5-7-17(12-15)32-14-16(27)10-11-19-18(20(28)13-21(19)29)8-3-1-2-4-9-22(30)31/h1,3,5-7,10-12,16,18-21,27-29H,2,4,8-9,13-14H2,(H,30,31)/b3-1+,11-10+/t16-,18-,19?,20+,21-/m0/s1. The van der Waals surface area contributed by atoms with E-state index < -0.39 is 41.9 Å². The number of aliphatic hydroxyl groups is 3. The monoisotopic (exact) mass is 458 g/mol. The van der Waals surface area contributed by atoms with Crippen molar-refractivity contribution in [3.05, 3.63) is 54.1 Å². The van der Waals surface area contributed by atoms with Gasteiger partial charge < -0.3 is 25.2 Å². The van der Waals surface area contributed by atoms with Crippen molar-refractivity contribution in [3.63, 3.8) is 0 Å². The second kappa shape index (κ2) is 12.0. The Hall–Kier alpha value is -2.36. The Bertz CT molecular complexity index is 792. The zero-order valence-corrected chi connectivity index (χ0v) is 17.5. The number of hydrogen-bond acceptors (Lipinski definition) is 5. The fourth-order valence-corrected chi connectivity index (χ4v) is 3.70. The molecule has 0 aromatic heterocycles. The van der Waals surface area contributed by atoms with Crippen LogP contribution in [0.5, 0.6) is 5.75 Å². The second-order valence-corrected chi connectivity index (χ2v) is 7.89. The number of rotatable bonds is 11. The summed E-state index contributed by atoms with van der Waals surface area (Å²) < 4.78 is 43.5. The number of allylic oxidation sites excluding steroid dienone is 2. The summed E-state index contributed by atoms with van der Waals surface area (Å²) in [5.41, 5.74) is -0.845. The number of halogens is 3. The Morgan fingerprint density at radius 1 is 1.22 bits per heavy atom. The Kier molecular flexibility index (Phi) is 9.74. The summed E-state index contributed by atoms with van der Waals surface area (Å²) >= 11 is 0. The number of aliphatic carboxylic acids is 1. The van der Waals surface area contributed by atoms with Gasteiger partial charge in [-0.1, -0.05) is 30.4 Å². The Labute approximate surface area is 184 Å². The third kappa shape index (κ3) is 8.29. The Morgan fingerprint density at radius 2 is 1.97 bits per heavy atom. The zero-order valence-electron chi connectivity index (χ0n) is 17.5. The lowest BCUT2D eigenvalue weighted by Crippen LogP contribution is -2.21. The molecule has 9 heteroatoms. The second-order valence-electron chi connectivity index (χ2n) is 7.89. The number of hydrogen-bond donors (Lipinski definition) is 4. The maximum atomic E-state index is 12.8. The molecule has 1 aromatic rings. The molecule has 178 valence electrons. The molecular formula is C23H29F3O6. The number of unbranched alkanes of at least 4 members (excludes halogenated alkanes) is 1. The molecule has 32 heavy (non-hydrogen) atoms. The van der Waals surface area contributed by atoms with Gasteiger partial charge in [-0.15, -0.1) is 0 Å². The number of alkyl halides is 3. The summed E-state index contributed by atoms with van der Waals surface area (Å²) in [6, 6.07) is 4.36. The highest BCUT2D eigenvalue weighted by Gasteiger charge is 2.39. The van der Waals surface area contributed by atoms with Crippen molar-refractivity contribution in [2.24, 2.45) is 11.8 Å². The van der Waals surface area contributed by atoms with E-state index in [0.717, 1.165) is 12.1 Å². The van der Waals surface area contributed by atoms with Crippen molar-refractivity contribution in [2.45, 2.75) is 56.6 Å². The Balaban J connectivity index is 1.87. The quantitative estimate of drug-likeness (QED) is 0.298. The van der Waals surface area contributed by atoms with E-state index >= 15 is 0 Å². The molecule has 0 aliphatic heterocycles. The summed E-state index contributed by atoms with van der Waals surface area (Å²) in [4.78, 5) is 10.5. The summed E-state index contributed by atoms with van der Waals surface area (Å²) in [5.74, 6) is -1.55. The van der Waals surface area contributed by atoms with Gasteiger partial charge in [-0.2, -0.15) is 13.2 Å². The minimum absolute atomic E-state index is 0.0190. The van der Waals surface area contributed by atoms with E-state index in [1.807, 2.05) is 12.2 Å². The maximum Gasteiger partial charge on any atom is 0.416 e. The third-order valence-corrected chi connectivity index (χ3v) is 5.39. The van der Waals surface area contributed by atoms with Crippen molar-refractivity contribution < 1.29 is 43.1 Å². The lowest BCUT2D eigenvalue weighted by molar-refractivity contribution is -0.138. The zero-order chi connectivity index (χ0) is 23.7. The molecule has 5 atom stereocenters. The van der Waals surface area contributed by atoms with E-state index in [1.165, 1.54) is 18.2 Å². The number of ether oxygens (including phenoxy) is 1. The summed E-state index contributed by atoms with van der Waals surface area (Å²) in [6.45, 7) is -0.267. The van der Waals surface area contributed by atoms with Gasteiger partial charge in [-0.05, 0) is 43.4 Å². The molecule has 0 bridgehead atoms. The highest BCUT2D eigenvalue weighted by Crippen LogP contribution is 2.36. The number of carbonyl (C=O) groups is 1. The third-order valence-electron chi connectivity index (χ3n) is 5.39. The normalized spacial score (nSPS) is 24.9. The largest absolute Gasteiger partial charge is 0.491 e. The van der Waals surface area contributed by atoms with Crippen LogP contribution in [0.4, 0.5) is 13.2 Å². The van der Waals surface area contributed by atoms with Crippen molar-refractivity contribution in [1.82, 2.24) is 0 Å². The number of benzene rings is 1. The fraction of sp³-hybridized carbons (Fsp3) is 0.522. The summed E-state index contributed by atoms with van der Waals surface area (Å²) in [7, 11) is 0. The lowest BCUT2D eigenvalue weighted by Gasteiger charge is -2.19. The molecule has 1 aliphatic carbocycles. The smallest absolute Gasteiger partial charge is 0.416 e. The molecule has 1 saturated carbocycles. The molecule has 4 N–H and O–H groups in total. The van der Waals surface area contributed by atoms with Crippen LogP contribution in [-0.4, -0.2) is 51.3 Å². The molecule has 6 nitrogen and oxygen atoms in total. The fourth-order valence-electron chi connectivity index (χ4n) is 3.70. The summed E-state index contributed by atoms with van der Waals surface area (Å²) in [6.07, 6.45) is 1.48. The first kappa shape index (κ1) is 25.9. The highest BCUT2D eigenvalue weighted by atomic mass is 19.4. The molecule has 1 aromatic carbocycles. The van der Waals surface area contributed by atoms with Gasteiger partial charge >= 0.3 is 12.1 Å². The van der Waals surface area contributed by atoms with Crippen LogP contribution in [0.3, 0.4) is 0 Å². The van der Waals surface area contributed by atoms with Gasteiger partial charge in [0.1, 0.15) is 18.5 Å². The van der Waals surface area contributed by atoms with Crippen LogP contribution in [0.15, 0.2) is 48.6 Å². The van der Waals surface area contributed by atoms with Crippen LogP contribution in [0.1, 0.15) is 37.7 Å². The average molecular weight is 458 g/mol. The SMILES string of the molecule is O=C(O)CCC/C=C/C[C@H]1C(/C=C/[C@H](O)COc2cccc(C(F)(F)F)c2)[C@@H](O)C[C@H]1O. The molecule has 2 rings (SSSR count). The first-order chi connectivity index (χ1) is 15.1. The van der Waals surface area contributed by atoms with Crippen LogP contribution in [0.25, 0.3) is 0 Å². The molecule has 0 saturated heterocycles. The molecule has 1 unspecified atom stereocenters. The minimum atomic E-state index is -4.49. The van der Waals surface area contributed by atoms with Crippen molar-refractivity contribution in [2.75, 3.05) is 6.61 Å². The van der Waals surface area contributed by atoms with Gasteiger partial charge in [-0.25, -0.2) is 0 Å². The van der Waals surface area contributed by atoms with E-state index in [1.54, 1.807) is 6.08 Å². The topological polar surface area (TPSA) is 107 Å². The molecule has 1 fully saturated rings. The van der Waals surface area contributed by atoms with Crippen LogP contribution in [0.2, 0.25) is 0 Å². The van der Waals surface area contributed by atoms with Crippen molar-refractivity contribution in [1.29, 1.82) is 0 Å². The van der Waals surface area contributed by atoms with E-state index in [4.69, 9.17) is 9.84 Å². The maximum absolute atomic E-state index is 12.8. The number of aliphatic hydroxyl groups excluding tert-OH is 3.